The summed E-state index contributed by atoms with van der Waals surface area (Å²) >= 11 is 0. The summed E-state index contributed by atoms with van der Waals surface area (Å²) in [5, 5.41) is 0. The number of hydrogen-bond donors (Lipinski definition) is 0. The molecule has 0 aliphatic carbocycles. The van der Waals surface area contributed by atoms with Gasteiger partial charge in [0.2, 0.25) is 0 Å². The average Bonchev–Trinajstić information content (AvgIpc) is 3.18. The number of ketones is 1. The van der Waals surface area contributed by atoms with Crippen LogP contribution in [0, 0.1) is 19.7 Å². The van der Waals surface area contributed by atoms with Crippen molar-refractivity contribution in [3.63, 3.8) is 0 Å². The van der Waals surface area contributed by atoms with Crippen LogP contribution in [0.3, 0.4) is 0 Å². The van der Waals surface area contributed by atoms with Crippen LogP contribution in [-0.4, -0.2) is 30.0 Å². The van der Waals surface area contributed by atoms with E-state index in [0.29, 0.717) is 11.3 Å². The summed E-state index contributed by atoms with van der Waals surface area (Å²) in [5.41, 5.74) is 5.35. The van der Waals surface area contributed by atoms with Gasteiger partial charge in [0.1, 0.15) is 5.82 Å². The minimum atomic E-state index is -0.564. The van der Waals surface area contributed by atoms with Crippen LogP contribution in [-0.2, 0) is 14.9 Å². The third kappa shape index (κ3) is 3.97. The zero-order valence-electron chi connectivity index (χ0n) is 19.5. The van der Waals surface area contributed by atoms with Crippen molar-refractivity contribution in [3.05, 3.63) is 94.7 Å². The number of halogens is 1. The minimum absolute atomic E-state index is 0.279. The molecule has 0 amide bonds. The van der Waals surface area contributed by atoms with E-state index >= 15 is 0 Å². The molecular formula is C27H27FN2O3. The smallest absolute Gasteiger partial charge is 0.340 e. The summed E-state index contributed by atoms with van der Waals surface area (Å²) in [6.07, 6.45) is 1.56. The number of benzene rings is 2. The Morgan fingerprint density at radius 2 is 1.73 bits per heavy atom. The van der Waals surface area contributed by atoms with Gasteiger partial charge in [0.25, 0.3) is 0 Å². The highest BCUT2D eigenvalue weighted by molar-refractivity contribution is 5.97. The van der Waals surface area contributed by atoms with Crippen molar-refractivity contribution in [2.75, 3.05) is 18.6 Å². The first kappa shape index (κ1) is 22.5. The van der Waals surface area contributed by atoms with Crippen molar-refractivity contribution >= 4 is 17.4 Å². The van der Waals surface area contributed by atoms with Gasteiger partial charge < -0.3 is 14.2 Å². The first-order valence-corrected chi connectivity index (χ1v) is 10.8. The van der Waals surface area contributed by atoms with Crippen molar-refractivity contribution < 1.29 is 18.7 Å². The number of hydrogen-bond acceptors (Lipinski definition) is 4. The van der Waals surface area contributed by atoms with Crippen LogP contribution in [0.25, 0.3) is 5.69 Å². The summed E-state index contributed by atoms with van der Waals surface area (Å²) in [4.78, 5) is 27.5. The van der Waals surface area contributed by atoms with Crippen molar-refractivity contribution in [1.29, 1.82) is 0 Å². The van der Waals surface area contributed by atoms with E-state index in [0.717, 1.165) is 28.3 Å². The van der Waals surface area contributed by atoms with Gasteiger partial charge in [-0.05, 0) is 55.8 Å². The number of carbonyl (C=O) groups is 2. The molecular weight excluding hydrogens is 419 g/mol. The third-order valence-electron chi connectivity index (χ3n) is 6.32. The lowest BCUT2D eigenvalue weighted by Gasteiger charge is -2.23. The normalized spacial score (nSPS) is 15.6. The van der Waals surface area contributed by atoms with Gasteiger partial charge in [-0.2, -0.15) is 0 Å². The van der Waals surface area contributed by atoms with E-state index in [-0.39, 0.29) is 23.6 Å². The second kappa shape index (κ2) is 8.35. The van der Waals surface area contributed by atoms with Gasteiger partial charge in [-0.1, -0.05) is 32.0 Å². The maximum absolute atomic E-state index is 13.3. The first-order valence-electron chi connectivity index (χ1n) is 10.8. The molecule has 5 nitrogen and oxygen atoms in total. The Hall–Kier alpha value is -3.67. The third-order valence-corrected chi connectivity index (χ3v) is 6.32. The Morgan fingerprint density at radius 1 is 1.06 bits per heavy atom. The molecule has 0 bridgehead atoms. The van der Waals surface area contributed by atoms with E-state index in [1.54, 1.807) is 31.2 Å². The highest BCUT2D eigenvalue weighted by atomic mass is 19.1. The molecule has 6 heteroatoms. The fourth-order valence-corrected chi connectivity index (χ4v) is 4.62. The summed E-state index contributed by atoms with van der Waals surface area (Å²) in [5.74, 6) is -1.17. The lowest BCUT2D eigenvalue weighted by molar-refractivity contribution is -0.117. The van der Waals surface area contributed by atoms with E-state index in [1.807, 2.05) is 41.6 Å². The highest BCUT2D eigenvalue weighted by Crippen LogP contribution is 2.46. The molecule has 0 radical (unpaired) electrons. The standard InChI is InChI=1S/C27H27FN2O3/c1-17-14-22(18(2)30(17)20-12-10-19(28)11-13-20)26(32)33-16-21(31)15-25-27(3,4)23-8-6-7-9-24(23)29(25)5/h6-15H,16H2,1-5H3. The summed E-state index contributed by atoms with van der Waals surface area (Å²) in [7, 11) is 1.93. The molecule has 2 heterocycles. The lowest BCUT2D eigenvalue weighted by Crippen LogP contribution is -2.25. The zero-order chi connectivity index (χ0) is 23.9. The van der Waals surface area contributed by atoms with Gasteiger partial charge in [0, 0.05) is 47.0 Å². The molecule has 0 saturated heterocycles. The number of nitrogens with zero attached hydrogens (tertiary/aromatic N) is 2. The number of likely N-dealkylation sites (N-methyl/N-ethyl adjacent to an activating group) is 1. The zero-order valence-corrected chi connectivity index (χ0v) is 19.5. The Bertz CT molecular complexity index is 1270. The lowest BCUT2D eigenvalue weighted by atomic mass is 9.83. The molecule has 1 aliphatic heterocycles. The fraction of sp³-hybridized carbons (Fsp3) is 0.259. The molecule has 3 aromatic rings. The van der Waals surface area contributed by atoms with Crippen molar-refractivity contribution in [1.82, 2.24) is 4.57 Å². The quantitative estimate of drug-likeness (QED) is 0.396. The van der Waals surface area contributed by atoms with Crippen molar-refractivity contribution in [2.45, 2.75) is 33.1 Å². The number of carbonyl (C=O) groups excluding carboxylic acids is 2. The van der Waals surface area contributed by atoms with E-state index in [9.17, 15) is 14.0 Å². The second-order valence-corrected chi connectivity index (χ2v) is 8.87. The van der Waals surface area contributed by atoms with E-state index in [4.69, 9.17) is 4.74 Å². The number of fused-ring (bicyclic) bond motifs is 1. The Morgan fingerprint density at radius 3 is 2.39 bits per heavy atom. The first-order chi connectivity index (χ1) is 15.6. The van der Waals surface area contributed by atoms with Gasteiger partial charge in [0.15, 0.2) is 12.4 Å². The Labute approximate surface area is 193 Å². The number of esters is 1. The molecule has 0 saturated carbocycles. The molecule has 0 spiro atoms. The van der Waals surface area contributed by atoms with E-state index < -0.39 is 5.97 Å². The number of anilines is 1. The molecule has 2 aromatic carbocycles. The number of para-hydroxylation sites is 1. The van der Waals surface area contributed by atoms with Crippen LogP contribution < -0.4 is 4.90 Å². The predicted octanol–water partition coefficient (Wildman–Crippen LogP) is 5.27. The van der Waals surface area contributed by atoms with Crippen molar-refractivity contribution in [2.24, 2.45) is 0 Å². The molecule has 33 heavy (non-hydrogen) atoms. The van der Waals surface area contributed by atoms with Crippen LogP contribution in [0.15, 0.2) is 66.4 Å². The maximum atomic E-state index is 13.3. The molecule has 1 aromatic heterocycles. The van der Waals surface area contributed by atoms with Gasteiger partial charge in [0.05, 0.1) is 5.56 Å². The van der Waals surface area contributed by atoms with Crippen LogP contribution in [0.5, 0.6) is 0 Å². The van der Waals surface area contributed by atoms with E-state index in [1.165, 1.54) is 12.1 Å². The highest BCUT2D eigenvalue weighted by Gasteiger charge is 2.38. The average molecular weight is 447 g/mol. The molecule has 0 N–H and O–H groups in total. The summed E-state index contributed by atoms with van der Waals surface area (Å²) < 4.78 is 20.5. The predicted molar refractivity (Wildman–Crippen MR) is 126 cm³/mol. The number of aromatic nitrogens is 1. The monoisotopic (exact) mass is 446 g/mol. The van der Waals surface area contributed by atoms with E-state index in [2.05, 4.69) is 19.9 Å². The maximum Gasteiger partial charge on any atom is 0.340 e. The van der Waals surface area contributed by atoms with Gasteiger partial charge >= 0.3 is 5.97 Å². The summed E-state index contributed by atoms with van der Waals surface area (Å²) in [6.45, 7) is 7.46. The Balaban J connectivity index is 1.49. The largest absolute Gasteiger partial charge is 0.454 e. The molecule has 0 atom stereocenters. The van der Waals surface area contributed by atoms with Gasteiger partial charge in [-0.15, -0.1) is 0 Å². The van der Waals surface area contributed by atoms with Crippen LogP contribution in [0.4, 0.5) is 10.1 Å². The number of rotatable bonds is 5. The molecule has 170 valence electrons. The number of allylic oxidation sites excluding steroid dienone is 1. The van der Waals surface area contributed by atoms with Crippen molar-refractivity contribution in [3.8, 4) is 5.69 Å². The second-order valence-electron chi connectivity index (χ2n) is 8.87. The topological polar surface area (TPSA) is 51.5 Å². The number of ether oxygens (including phenoxy) is 1. The molecule has 1 aliphatic rings. The number of aryl methyl sites for hydroxylation is 1. The van der Waals surface area contributed by atoms with Gasteiger partial charge in [-0.25, -0.2) is 9.18 Å². The van der Waals surface area contributed by atoms with Crippen LogP contribution in [0.2, 0.25) is 0 Å². The van der Waals surface area contributed by atoms with Crippen LogP contribution in [0.1, 0.15) is 41.2 Å². The SMILES string of the molecule is Cc1cc(C(=O)OCC(=O)C=C2N(C)c3ccccc3C2(C)C)c(C)n1-c1ccc(F)cc1. The van der Waals surface area contributed by atoms with Gasteiger partial charge in [-0.3, -0.25) is 4.79 Å². The summed E-state index contributed by atoms with van der Waals surface area (Å²) in [6, 6.07) is 15.8. The molecule has 4 rings (SSSR count). The van der Waals surface area contributed by atoms with Crippen LogP contribution >= 0.6 is 0 Å². The fourth-order valence-electron chi connectivity index (χ4n) is 4.62. The molecule has 0 fully saturated rings. The molecule has 0 unspecified atom stereocenters. The minimum Gasteiger partial charge on any atom is -0.454 e. The Kier molecular flexibility index (Phi) is 5.70.